The monoisotopic (exact) mass is 827 g/mol. The number of para-hydroxylation sites is 1. The topological polar surface area (TPSA) is 27.4 Å². The molecule has 13 aromatic rings. The minimum absolute atomic E-state index is 0.542. The molecule has 65 heavy (non-hydrogen) atoms. The lowest BCUT2D eigenvalue weighted by atomic mass is 10.0. The summed E-state index contributed by atoms with van der Waals surface area (Å²) in [6.45, 7) is 9.25. The summed E-state index contributed by atoms with van der Waals surface area (Å²) in [6.07, 6.45) is 0. The van der Waals surface area contributed by atoms with Gasteiger partial charge in [0.25, 0.3) is 0 Å². The fourth-order valence-corrected chi connectivity index (χ4v) is 10.1. The van der Waals surface area contributed by atoms with Gasteiger partial charge in [0.2, 0.25) is 5.69 Å². The van der Waals surface area contributed by atoms with E-state index in [0.29, 0.717) is 5.69 Å². The van der Waals surface area contributed by atoms with Gasteiger partial charge in [0, 0.05) is 32.3 Å². The van der Waals surface area contributed by atoms with E-state index in [0.717, 1.165) is 121 Å². The highest BCUT2D eigenvalue weighted by atomic mass is 16.3. The molecule has 0 aliphatic rings. The van der Waals surface area contributed by atoms with Crippen LogP contribution in [0, 0.1) is 6.57 Å². The van der Waals surface area contributed by atoms with E-state index in [4.69, 9.17) is 4.42 Å². The van der Waals surface area contributed by atoms with E-state index in [2.05, 4.69) is 226 Å². The number of hydrogen-bond donors (Lipinski definition) is 0. The van der Waals surface area contributed by atoms with Crippen LogP contribution in [-0.2, 0) is 0 Å². The van der Waals surface area contributed by atoms with Crippen LogP contribution in [-0.4, -0.2) is 9.13 Å². The summed E-state index contributed by atoms with van der Waals surface area (Å²) in [7, 11) is 0. The van der Waals surface area contributed by atoms with Gasteiger partial charge >= 0.3 is 0 Å². The van der Waals surface area contributed by atoms with Crippen molar-refractivity contribution in [2.24, 2.45) is 0 Å². The number of aromatic nitrogens is 2. The van der Waals surface area contributed by atoms with Crippen molar-refractivity contribution in [3.05, 3.63) is 236 Å². The second-order valence-electron chi connectivity index (χ2n) is 16.7. The van der Waals surface area contributed by atoms with Gasteiger partial charge in [-0.1, -0.05) is 164 Å². The molecule has 4 nitrogen and oxygen atoms in total. The minimum atomic E-state index is 0.542. The number of rotatable bonds is 6. The molecule has 3 aromatic heterocycles. The fraction of sp³-hybridized carbons (Fsp3) is 0. The summed E-state index contributed by atoms with van der Waals surface area (Å²) in [5.41, 5.74) is 16.8. The van der Waals surface area contributed by atoms with Gasteiger partial charge in [0.1, 0.15) is 11.2 Å². The molecule has 13 rings (SSSR count). The zero-order valence-corrected chi connectivity index (χ0v) is 35.1. The zero-order valence-electron chi connectivity index (χ0n) is 35.1. The first kappa shape index (κ1) is 36.7. The van der Waals surface area contributed by atoms with Crippen LogP contribution < -0.4 is 0 Å². The maximum absolute atomic E-state index is 9.25. The van der Waals surface area contributed by atoms with Gasteiger partial charge in [0.05, 0.1) is 40.0 Å². The molecule has 302 valence electrons. The van der Waals surface area contributed by atoms with Crippen LogP contribution in [0.4, 0.5) is 5.69 Å². The van der Waals surface area contributed by atoms with Gasteiger partial charge in [-0.3, -0.25) is 0 Å². The SMILES string of the molecule is [C-]#[N+]c1c(-n2c3ccc(-c4ccccc4)cc3c3cc(-c4ccccc4)ccc32)cc2oc3ccccc3c2c1-n1c2ccc(-c3ccccc3)cc2c2cc(-c3ccccc3)ccc21. The summed E-state index contributed by atoms with van der Waals surface area (Å²) in [6, 6.07) is 79.4. The lowest BCUT2D eigenvalue weighted by Gasteiger charge is -2.18. The third kappa shape index (κ3) is 5.77. The average Bonchev–Trinajstić information content (AvgIpc) is 4.03. The molecule has 0 fully saturated rings. The van der Waals surface area contributed by atoms with Crippen molar-refractivity contribution in [3.8, 4) is 55.9 Å². The first-order valence-electron chi connectivity index (χ1n) is 21.9. The summed E-state index contributed by atoms with van der Waals surface area (Å²) < 4.78 is 11.5. The average molecular weight is 828 g/mol. The zero-order chi connectivity index (χ0) is 43.0. The molecule has 0 bridgehead atoms. The number of nitrogens with zero attached hydrogens (tertiary/aromatic N) is 3. The predicted molar refractivity (Wildman–Crippen MR) is 270 cm³/mol. The second kappa shape index (κ2) is 14.6. The molecular weight excluding hydrogens is 791 g/mol. The van der Waals surface area contributed by atoms with Crippen molar-refractivity contribution < 1.29 is 4.42 Å². The highest BCUT2D eigenvalue weighted by Crippen LogP contribution is 2.49. The Bertz CT molecular complexity index is 3850. The number of furan rings is 1. The van der Waals surface area contributed by atoms with Crippen molar-refractivity contribution in [3.63, 3.8) is 0 Å². The molecule has 0 N–H and O–H groups in total. The van der Waals surface area contributed by atoms with Crippen LogP contribution in [0.2, 0.25) is 0 Å². The smallest absolute Gasteiger partial charge is 0.234 e. The minimum Gasteiger partial charge on any atom is -0.456 e. The lowest BCUT2D eigenvalue weighted by molar-refractivity contribution is 0.668. The largest absolute Gasteiger partial charge is 0.456 e. The standard InChI is InChI=1S/C61H37N3O/c1-62-60-56(63-52-30-26-43(39-16-6-2-7-17-39)34-48(52)49-35-44(27-31-53(49)63)40-18-8-3-9-19-40)38-58-59(47-24-14-15-25-57(47)65-58)61(60)64-54-32-28-45(41-20-10-4-11-21-41)36-50(54)51-37-46(29-33-55(51)64)42-22-12-5-13-23-42/h2-38H. The molecule has 0 aliphatic heterocycles. The third-order valence-corrected chi connectivity index (χ3v) is 13.1. The normalized spacial score (nSPS) is 11.7. The maximum atomic E-state index is 9.25. The van der Waals surface area contributed by atoms with E-state index in [1.54, 1.807) is 0 Å². The Labute approximate surface area is 374 Å². The predicted octanol–water partition coefficient (Wildman–Crippen LogP) is 17.0. The summed E-state index contributed by atoms with van der Waals surface area (Å²) >= 11 is 0. The van der Waals surface area contributed by atoms with Crippen LogP contribution in [0.1, 0.15) is 0 Å². The first-order valence-corrected chi connectivity index (χ1v) is 21.9. The van der Waals surface area contributed by atoms with E-state index in [1.807, 2.05) is 12.1 Å². The van der Waals surface area contributed by atoms with Crippen LogP contribution in [0.3, 0.4) is 0 Å². The molecule has 0 atom stereocenters. The molecule has 3 heterocycles. The molecule has 0 saturated heterocycles. The number of hydrogen-bond acceptors (Lipinski definition) is 1. The van der Waals surface area contributed by atoms with Crippen molar-refractivity contribution in [2.75, 3.05) is 0 Å². The molecule has 0 saturated carbocycles. The molecule has 4 heteroatoms. The van der Waals surface area contributed by atoms with Gasteiger partial charge in [-0.2, -0.15) is 0 Å². The Morgan fingerprint density at radius 1 is 0.323 bits per heavy atom. The summed E-state index contributed by atoms with van der Waals surface area (Å²) in [5.74, 6) is 0. The quantitative estimate of drug-likeness (QED) is 0.153. The van der Waals surface area contributed by atoms with E-state index >= 15 is 0 Å². The van der Waals surface area contributed by atoms with Gasteiger partial charge in [-0.15, -0.1) is 0 Å². The fourth-order valence-electron chi connectivity index (χ4n) is 10.1. The van der Waals surface area contributed by atoms with Gasteiger partial charge < -0.3 is 13.6 Å². The Morgan fingerprint density at radius 3 is 1.09 bits per heavy atom. The molecule has 10 aromatic carbocycles. The van der Waals surface area contributed by atoms with Crippen LogP contribution >= 0.6 is 0 Å². The Kier molecular flexibility index (Phi) is 8.24. The molecule has 0 amide bonds. The summed E-state index contributed by atoms with van der Waals surface area (Å²) in [5, 5.41) is 6.32. The van der Waals surface area contributed by atoms with E-state index in [9.17, 15) is 6.57 Å². The first-order chi connectivity index (χ1) is 32.2. The van der Waals surface area contributed by atoms with Crippen LogP contribution in [0.15, 0.2) is 229 Å². The van der Waals surface area contributed by atoms with Gasteiger partial charge in [-0.25, -0.2) is 4.85 Å². The highest BCUT2D eigenvalue weighted by molar-refractivity contribution is 6.19. The lowest BCUT2D eigenvalue weighted by Crippen LogP contribution is -2.01. The molecule has 0 radical (unpaired) electrons. The molecule has 0 unspecified atom stereocenters. The Morgan fingerprint density at radius 2 is 0.692 bits per heavy atom. The van der Waals surface area contributed by atoms with Crippen molar-refractivity contribution in [1.82, 2.24) is 9.13 Å². The number of benzene rings is 10. The Balaban J connectivity index is 1.16. The molecule has 0 spiro atoms. The highest BCUT2D eigenvalue weighted by Gasteiger charge is 2.27. The third-order valence-electron chi connectivity index (χ3n) is 13.1. The van der Waals surface area contributed by atoms with Crippen LogP contribution in [0.25, 0.3) is 126 Å². The number of fused-ring (bicyclic) bond motifs is 9. The van der Waals surface area contributed by atoms with E-state index < -0.39 is 0 Å². The van der Waals surface area contributed by atoms with Crippen molar-refractivity contribution in [1.29, 1.82) is 0 Å². The maximum Gasteiger partial charge on any atom is 0.234 e. The summed E-state index contributed by atoms with van der Waals surface area (Å²) in [4.78, 5) is 4.57. The molecular formula is C61H37N3O. The second-order valence-corrected chi connectivity index (χ2v) is 16.7. The van der Waals surface area contributed by atoms with Crippen LogP contribution in [0.5, 0.6) is 0 Å². The van der Waals surface area contributed by atoms with Gasteiger partial charge in [-0.05, 0) is 105 Å². The van der Waals surface area contributed by atoms with Crippen molar-refractivity contribution in [2.45, 2.75) is 0 Å². The van der Waals surface area contributed by atoms with E-state index in [1.165, 1.54) is 0 Å². The van der Waals surface area contributed by atoms with Crippen molar-refractivity contribution >= 4 is 71.2 Å². The molecule has 0 aliphatic carbocycles. The van der Waals surface area contributed by atoms with E-state index in [-0.39, 0.29) is 0 Å². The van der Waals surface area contributed by atoms with Gasteiger partial charge in [0.15, 0.2) is 0 Å². The Hall–Kier alpha value is -8.91.